The Balaban J connectivity index is 1.95. The van der Waals surface area contributed by atoms with Crippen molar-refractivity contribution in [2.75, 3.05) is 27.3 Å². The van der Waals surface area contributed by atoms with Gasteiger partial charge in [-0.1, -0.05) is 0 Å². The van der Waals surface area contributed by atoms with E-state index in [-0.39, 0.29) is 11.8 Å². The van der Waals surface area contributed by atoms with Crippen molar-refractivity contribution in [1.82, 2.24) is 4.90 Å². The van der Waals surface area contributed by atoms with Gasteiger partial charge in [0.25, 0.3) is 0 Å². The van der Waals surface area contributed by atoms with Crippen LogP contribution in [0, 0.1) is 0 Å². The van der Waals surface area contributed by atoms with Crippen molar-refractivity contribution in [1.29, 1.82) is 0 Å². The van der Waals surface area contributed by atoms with Crippen molar-refractivity contribution >= 4 is 5.97 Å². The average molecular weight is 267 g/mol. The van der Waals surface area contributed by atoms with Gasteiger partial charge in [0.05, 0.1) is 19.3 Å². The zero-order chi connectivity index (χ0) is 13.8. The second kappa shape index (κ2) is 6.21. The van der Waals surface area contributed by atoms with Crippen LogP contribution in [0.4, 0.5) is 0 Å². The predicted octanol–water partition coefficient (Wildman–Crippen LogP) is 2.24. The standard InChI is InChI=1S/C14H21NO4/c1-10(15(2)9-11-5-4-8-18-11)12-6-7-13(19-12)14(16)17-3/h6-7,10-11H,4-5,8-9H2,1-3H3. The Hall–Kier alpha value is -1.33. The number of nitrogens with zero attached hydrogens (tertiary/aromatic N) is 1. The van der Waals surface area contributed by atoms with Crippen molar-refractivity contribution in [2.24, 2.45) is 0 Å². The maximum atomic E-state index is 11.3. The van der Waals surface area contributed by atoms with E-state index in [1.165, 1.54) is 7.11 Å². The smallest absolute Gasteiger partial charge is 0.373 e. The zero-order valence-electron chi connectivity index (χ0n) is 11.7. The van der Waals surface area contributed by atoms with Crippen molar-refractivity contribution in [3.05, 3.63) is 23.7 Å². The summed E-state index contributed by atoms with van der Waals surface area (Å²) in [6, 6.07) is 3.57. The number of carbonyl (C=O) groups is 1. The minimum Gasteiger partial charge on any atom is -0.463 e. The van der Waals surface area contributed by atoms with Crippen LogP contribution >= 0.6 is 0 Å². The molecule has 106 valence electrons. The van der Waals surface area contributed by atoms with Crippen molar-refractivity contribution in [3.8, 4) is 0 Å². The molecule has 2 heterocycles. The predicted molar refractivity (Wildman–Crippen MR) is 70.1 cm³/mol. The maximum absolute atomic E-state index is 11.3. The van der Waals surface area contributed by atoms with E-state index in [1.54, 1.807) is 6.07 Å². The zero-order valence-corrected chi connectivity index (χ0v) is 11.7. The van der Waals surface area contributed by atoms with Crippen LogP contribution in [0.15, 0.2) is 16.5 Å². The van der Waals surface area contributed by atoms with Gasteiger partial charge in [-0.15, -0.1) is 0 Å². The van der Waals surface area contributed by atoms with E-state index < -0.39 is 5.97 Å². The monoisotopic (exact) mass is 267 g/mol. The molecular formula is C14H21NO4. The van der Waals surface area contributed by atoms with Gasteiger partial charge in [0, 0.05) is 13.2 Å². The van der Waals surface area contributed by atoms with E-state index in [1.807, 2.05) is 13.1 Å². The number of rotatable bonds is 5. The van der Waals surface area contributed by atoms with Crippen LogP contribution in [0.1, 0.15) is 42.1 Å². The SMILES string of the molecule is COC(=O)c1ccc(C(C)N(C)CC2CCCO2)o1. The van der Waals surface area contributed by atoms with Gasteiger partial charge < -0.3 is 13.9 Å². The molecule has 0 saturated carbocycles. The fourth-order valence-electron chi connectivity index (χ4n) is 2.27. The molecule has 1 fully saturated rings. The number of hydrogen-bond donors (Lipinski definition) is 0. The number of carbonyl (C=O) groups excluding carboxylic acids is 1. The molecule has 1 saturated heterocycles. The third kappa shape index (κ3) is 3.36. The topological polar surface area (TPSA) is 51.9 Å². The molecule has 2 unspecified atom stereocenters. The number of esters is 1. The third-order valence-corrected chi connectivity index (χ3v) is 3.60. The molecule has 2 atom stereocenters. The minimum atomic E-state index is -0.444. The van der Waals surface area contributed by atoms with Crippen LogP contribution in [-0.4, -0.2) is 44.3 Å². The first-order chi connectivity index (χ1) is 9.11. The van der Waals surface area contributed by atoms with Crippen molar-refractivity contribution in [3.63, 3.8) is 0 Å². The van der Waals surface area contributed by atoms with Crippen LogP contribution < -0.4 is 0 Å². The number of furan rings is 1. The molecule has 0 bridgehead atoms. The summed E-state index contributed by atoms with van der Waals surface area (Å²) in [6.07, 6.45) is 2.56. The van der Waals surface area contributed by atoms with Crippen molar-refractivity contribution in [2.45, 2.75) is 31.9 Å². The first-order valence-electron chi connectivity index (χ1n) is 6.61. The Morgan fingerprint density at radius 3 is 3.00 bits per heavy atom. The van der Waals surface area contributed by atoms with Gasteiger partial charge in [0.15, 0.2) is 0 Å². The first-order valence-corrected chi connectivity index (χ1v) is 6.61. The van der Waals surface area contributed by atoms with Gasteiger partial charge in [0.2, 0.25) is 5.76 Å². The average Bonchev–Trinajstić information content (AvgIpc) is 3.07. The van der Waals surface area contributed by atoms with Gasteiger partial charge in [-0.3, -0.25) is 4.90 Å². The second-order valence-corrected chi connectivity index (χ2v) is 4.94. The summed E-state index contributed by atoms with van der Waals surface area (Å²) >= 11 is 0. The van der Waals surface area contributed by atoms with E-state index in [4.69, 9.17) is 9.15 Å². The molecule has 0 spiro atoms. The first kappa shape index (κ1) is 14.1. The Kier molecular flexibility index (Phi) is 4.61. The summed E-state index contributed by atoms with van der Waals surface area (Å²) in [7, 11) is 3.38. The fourth-order valence-corrected chi connectivity index (χ4v) is 2.27. The summed E-state index contributed by atoms with van der Waals surface area (Å²) in [5.74, 6) is 0.566. The molecule has 1 aliphatic heterocycles. The number of ether oxygens (including phenoxy) is 2. The Morgan fingerprint density at radius 1 is 1.58 bits per heavy atom. The lowest BCUT2D eigenvalue weighted by atomic mass is 10.2. The highest BCUT2D eigenvalue weighted by atomic mass is 16.5. The van der Waals surface area contributed by atoms with Gasteiger partial charge in [-0.05, 0) is 38.9 Å². The number of hydrogen-bond acceptors (Lipinski definition) is 5. The maximum Gasteiger partial charge on any atom is 0.373 e. The minimum absolute atomic E-state index is 0.0996. The highest BCUT2D eigenvalue weighted by Gasteiger charge is 2.23. The third-order valence-electron chi connectivity index (χ3n) is 3.60. The van der Waals surface area contributed by atoms with Crippen LogP contribution in [0.5, 0.6) is 0 Å². The van der Waals surface area contributed by atoms with Gasteiger partial charge >= 0.3 is 5.97 Å². The number of methoxy groups -OCH3 is 1. The Bertz CT molecular complexity index is 423. The molecule has 0 aliphatic carbocycles. The van der Waals surface area contributed by atoms with Gasteiger partial charge in [0.1, 0.15) is 5.76 Å². The molecule has 1 aliphatic rings. The normalized spacial score (nSPS) is 20.7. The largest absolute Gasteiger partial charge is 0.463 e. The molecule has 5 heteroatoms. The summed E-state index contributed by atoms with van der Waals surface area (Å²) in [6.45, 7) is 3.78. The second-order valence-electron chi connectivity index (χ2n) is 4.94. The van der Waals surface area contributed by atoms with Crippen molar-refractivity contribution < 1.29 is 18.7 Å². The van der Waals surface area contributed by atoms with Crippen LogP contribution in [-0.2, 0) is 9.47 Å². The van der Waals surface area contributed by atoms with Crippen LogP contribution in [0.3, 0.4) is 0 Å². The summed E-state index contributed by atoms with van der Waals surface area (Å²) < 4.78 is 15.8. The molecule has 1 aromatic rings. The fraction of sp³-hybridized carbons (Fsp3) is 0.643. The van der Waals surface area contributed by atoms with Gasteiger partial charge in [-0.25, -0.2) is 4.79 Å². The summed E-state index contributed by atoms with van der Waals surface area (Å²) in [5, 5.41) is 0. The number of likely N-dealkylation sites (N-methyl/N-ethyl adjacent to an activating group) is 1. The molecular weight excluding hydrogens is 246 g/mol. The molecule has 0 amide bonds. The van der Waals surface area contributed by atoms with E-state index >= 15 is 0 Å². The molecule has 0 aromatic carbocycles. The lowest BCUT2D eigenvalue weighted by molar-refractivity contribution is 0.0546. The van der Waals surface area contributed by atoms with E-state index in [2.05, 4.69) is 16.6 Å². The Morgan fingerprint density at radius 2 is 2.37 bits per heavy atom. The molecule has 0 N–H and O–H groups in total. The quantitative estimate of drug-likeness (QED) is 0.766. The molecule has 0 radical (unpaired) electrons. The Labute approximate surface area is 113 Å². The highest BCUT2D eigenvalue weighted by Crippen LogP contribution is 2.23. The lowest BCUT2D eigenvalue weighted by Gasteiger charge is -2.25. The van der Waals surface area contributed by atoms with Gasteiger partial charge in [-0.2, -0.15) is 0 Å². The van der Waals surface area contributed by atoms with E-state index in [0.717, 1.165) is 31.8 Å². The summed E-state index contributed by atoms with van der Waals surface area (Å²) in [5.41, 5.74) is 0. The highest BCUT2D eigenvalue weighted by molar-refractivity contribution is 5.86. The lowest BCUT2D eigenvalue weighted by Crippen LogP contribution is -2.30. The van der Waals surface area contributed by atoms with E-state index in [0.29, 0.717) is 6.10 Å². The summed E-state index contributed by atoms with van der Waals surface area (Å²) in [4.78, 5) is 13.5. The molecule has 2 rings (SSSR count). The van der Waals surface area contributed by atoms with Crippen LogP contribution in [0.2, 0.25) is 0 Å². The molecule has 19 heavy (non-hydrogen) atoms. The van der Waals surface area contributed by atoms with E-state index in [9.17, 15) is 4.79 Å². The molecule has 1 aromatic heterocycles. The molecule has 5 nitrogen and oxygen atoms in total. The van der Waals surface area contributed by atoms with Crippen LogP contribution in [0.25, 0.3) is 0 Å².